The molecule has 1 aromatic rings. The fraction of sp³-hybridized carbons (Fsp3) is 0.636. The van der Waals surface area contributed by atoms with Crippen LogP contribution in [0, 0.1) is 6.92 Å². The van der Waals surface area contributed by atoms with Crippen molar-refractivity contribution in [1.82, 2.24) is 5.32 Å². The lowest BCUT2D eigenvalue weighted by atomic mass is 10.2. The minimum Gasteiger partial charge on any atom is -0.396 e. The molecule has 0 fully saturated rings. The summed E-state index contributed by atoms with van der Waals surface area (Å²) in [4.78, 5) is 1.40. The number of aliphatic hydroxyl groups excluding tert-OH is 1. The van der Waals surface area contributed by atoms with Gasteiger partial charge in [-0.1, -0.05) is 0 Å². The maximum absolute atomic E-state index is 8.93. The number of rotatable bonds is 7. The van der Waals surface area contributed by atoms with Gasteiger partial charge in [-0.05, 0) is 36.6 Å². The predicted octanol–water partition coefficient (Wildman–Crippen LogP) is 2.26. The van der Waals surface area contributed by atoms with E-state index in [1.165, 1.54) is 10.4 Å². The van der Waals surface area contributed by atoms with Crippen LogP contribution in [0.5, 0.6) is 0 Å². The minimum absolute atomic E-state index is 0.266. The van der Waals surface area contributed by atoms with Gasteiger partial charge in [-0.2, -0.15) is 11.8 Å². The molecule has 0 amide bonds. The van der Waals surface area contributed by atoms with E-state index < -0.39 is 0 Å². The average molecular weight is 245 g/mol. The van der Waals surface area contributed by atoms with Gasteiger partial charge in [0.05, 0.1) is 0 Å². The zero-order valence-electron chi connectivity index (χ0n) is 9.32. The Kier molecular flexibility index (Phi) is 6.32. The number of thioether (sulfide) groups is 1. The number of nitrogens with one attached hydrogen (secondary N) is 1. The summed E-state index contributed by atoms with van der Waals surface area (Å²) < 4.78 is 0. The first-order chi connectivity index (χ1) is 7.27. The Bertz CT molecular complexity index is 269. The Morgan fingerprint density at radius 2 is 2.40 bits per heavy atom. The van der Waals surface area contributed by atoms with Gasteiger partial charge in [-0.15, -0.1) is 11.3 Å². The normalized spacial score (nSPS) is 13.0. The fourth-order valence-corrected chi connectivity index (χ4v) is 2.97. The molecule has 1 heterocycles. The van der Waals surface area contributed by atoms with E-state index in [-0.39, 0.29) is 6.61 Å². The largest absolute Gasteiger partial charge is 0.396 e. The third kappa shape index (κ3) is 4.55. The molecule has 1 unspecified atom stereocenters. The van der Waals surface area contributed by atoms with Crippen LogP contribution < -0.4 is 5.32 Å². The predicted molar refractivity (Wildman–Crippen MR) is 69.8 cm³/mol. The quantitative estimate of drug-likeness (QED) is 0.773. The molecule has 15 heavy (non-hydrogen) atoms. The molecule has 0 spiro atoms. The lowest BCUT2D eigenvalue weighted by Crippen LogP contribution is -2.31. The molecule has 4 heteroatoms. The highest BCUT2D eigenvalue weighted by atomic mass is 32.2. The van der Waals surface area contributed by atoms with Gasteiger partial charge in [0, 0.05) is 29.8 Å². The van der Waals surface area contributed by atoms with Gasteiger partial charge in [0.2, 0.25) is 0 Å². The van der Waals surface area contributed by atoms with E-state index in [4.69, 9.17) is 5.11 Å². The summed E-state index contributed by atoms with van der Waals surface area (Å²) in [5, 5.41) is 14.5. The second kappa shape index (κ2) is 7.28. The van der Waals surface area contributed by atoms with E-state index >= 15 is 0 Å². The smallest absolute Gasteiger partial charge is 0.0446 e. The Hall–Kier alpha value is -0.0300. The summed E-state index contributed by atoms with van der Waals surface area (Å²) in [6, 6.07) is 2.57. The Morgan fingerprint density at radius 1 is 1.60 bits per heavy atom. The van der Waals surface area contributed by atoms with E-state index in [1.54, 1.807) is 11.3 Å². The van der Waals surface area contributed by atoms with Gasteiger partial charge in [-0.3, -0.25) is 0 Å². The van der Waals surface area contributed by atoms with Crippen molar-refractivity contribution < 1.29 is 5.11 Å². The molecular formula is C11H19NOS2. The van der Waals surface area contributed by atoms with Crippen molar-refractivity contribution in [3.05, 3.63) is 21.9 Å². The van der Waals surface area contributed by atoms with Crippen LogP contribution >= 0.6 is 23.1 Å². The van der Waals surface area contributed by atoms with Crippen LogP contribution in [0.2, 0.25) is 0 Å². The van der Waals surface area contributed by atoms with Gasteiger partial charge in [0.25, 0.3) is 0 Å². The molecule has 0 aliphatic carbocycles. The summed E-state index contributed by atoms with van der Waals surface area (Å²) in [6.45, 7) is 3.33. The third-order valence-corrected chi connectivity index (χ3v) is 4.12. The minimum atomic E-state index is 0.266. The summed E-state index contributed by atoms with van der Waals surface area (Å²) in [7, 11) is 0. The zero-order valence-corrected chi connectivity index (χ0v) is 11.0. The van der Waals surface area contributed by atoms with Gasteiger partial charge in [-0.25, -0.2) is 0 Å². The molecule has 0 aliphatic heterocycles. The molecule has 2 N–H and O–H groups in total. The van der Waals surface area contributed by atoms with Crippen molar-refractivity contribution in [2.24, 2.45) is 0 Å². The van der Waals surface area contributed by atoms with Crippen molar-refractivity contribution in [1.29, 1.82) is 0 Å². The Morgan fingerprint density at radius 3 is 2.93 bits per heavy atom. The maximum Gasteiger partial charge on any atom is 0.0446 e. The monoisotopic (exact) mass is 245 g/mol. The van der Waals surface area contributed by atoms with Crippen molar-refractivity contribution in [3.8, 4) is 0 Å². The van der Waals surface area contributed by atoms with Crippen LogP contribution in [0.25, 0.3) is 0 Å². The molecule has 0 bridgehead atoms. The maximum atomic E-state index is 8.93. The van der Waals surface area contributed by atoms with E-state index in [1.807, 2.05) is 11.8 Å². The highest BCUT2D eigenvalue weighted by Crippen LogP contribution is 2.15. The third-order valence-electron chi connectivity index (χ3n) is 2.36. The number of thiophene rings is 1. The van der Waals surface area contributed by atoms with Gasteiger partial charge in [0.1, 0.15) is 0 Å². The van der Waals surface area contributed by atoms with E-state index in [0.29, 0.717) is 6.04 Å². The highest BCUT2D eigenvalue weighted by molar-refractivity contribution is 7.98. The van der Waals surface area contributed by atoms with Crippen LogP contribution in [0.4, 0.5) is 0 Å². The summed E-state index contributed by atoms with van der Waals surface area (Å²) in [5.74, 6) is 1.06. The number of aryl methyl sites for hydroxylation is 1. The number of hydrogen-bond acceptors (Lipinski definition) is 4. The van der Waals surface area contributed by atoms with Gasteiger partial charge < -0.3 is 10.4 Å². The average Bonchev–Trinajstić information content (AvgIpc) is 2.61. The SMILES string of the molecule is CSCC(CCO)NCc1sccc1C. The van der Waals surface area contributed by atoms with Crippen LogP contribution in [-0.4, -0.2) is 29.8 Å². The van der Waals surface area contributed by atoms with Gasteiger partial charge in [0.15, 0.2) is 0 Å². The first kappa shape index (κ1) is 13.0. The van der Waals surface area contributed by atoms with Crippen LogP contribution in [0.3, 0.4) is 0 Å². The zero-order chi connectivity index (χ0) is 11.1. The topological polar surface area (TPSA) is 32.3 Å². The second-order valence-electron chi connectivity index (χ2n) is 3.57. The Balaban J connectivity index is 2.36. The molecule has 1 rings (SSSR count). The molecule has 0 saturated carbocycles. The molecule has 2 nitrogen and oxygen atoms in total. The van der Waals surface area contributed by atoms with Gasteiger partial charge >= 0.3 is 0 Å². The standard InChI is InChI=1S/C11H19NOS2/c1-9-4-6-15-11(9)7-12-10(3-5-13)8-14-2/h4,6,10,12-13H,3,5,7-8H2,1-2H3. The molecule has 0 saturated heterocycles. The van der Waals surface area contributed by atoms with Crippen LogP contribution in [-0.2, 0) is 6.54 Å². The van der Waals surface area contributed by atoms with Crippen LogP contribution in [0.1, 0.15) is 16.9 Å². The van der Waals surface area contributed by atoms with Crippen LogP contribution in [0.15, 0.2) is 11.4 Å². The number of aliphatic hydroxyl groups is 1. The van der Waals surface area contributed by atoms with Crippen molar-refractivity contribution in [2.75, 3.05) is 18.6 Å². The fourth-order valence-electron chi connectivity index (χ4n) is 1.42. The number of hydrogen-bond donors (Lipinski definition) is 2. The Labute approximate surface area is 100 Å². The summed E-state index contributed by atoms with van der Waals surface area (Å²) >= 11 is 3.62. The molecular weight excluding hydrogens is 226 g/mol. The molecule has 1 aromatic heterocycles. The summed E-state index contributed by atoms with van der Waals surface area (Å²) in [6.07, 6.45) is 2.94. The lowest BCUT2D eigenvalue weighted by Gasteiger charge is -2.16. The first-order valence-corrected chi connectivity index (χ1v) is 7.41. The second-order valence-corrected chi connectivity index (χ2v) is 5.48. The van der Waals surface area contributed by atoms with Crippen molar-refractivity contribution in [3.63, 3.8) is 0 Å². The van der Waals surface area contributed by atoms with E-state index in [9.17, 15) is 0 Å². The van der Waals surface area contributed by atoms with E-state index in [0.717, 1.165) is 18.7 Å². The molecule has 0 radical (unpaired) electrons. The van der Waals surface area contributed by atoms with Crippen molar-refractivity contribution >= 4 is 23.1 Å². The molecule has 1 atom stereocenters. The highest BCUT2D eigenvalue weighted by Gasteiger charge is 2.07. The summed E-state index contributed by atoms with van der Waals surface area (Å²) in [5.41, 5.74) is 1.36. The molecule has 0 aromatic carbocycles. The lowest BCUT2D eigenvalue weighted by molar-refractivity contribution is 0.270. The van der Waals surface area contributed by atoms with Crippen molar-refractivity contribution in [2.45, 2.75) is 25.9 Å². The molecule has 86 valence electrons. The van der Waals surface area contributed by atoms with E-state index in [2.05, 4.69) is 29.9 Å². The molecule has 0 aliphatic rings. The first-order valence-electron chi connectivity index (χ1n) is 5.14.